The van der Waals surface area contributed by atoms with E-state index in [2.05, 4.69) is 13.8 Å². The average molecular weight is 393 g/mol. The fourth-order valence-electron chi connectivity index (χ4n) is 3.99. The summed E-state index contributed by atoms with van der Waals surface area (Å²) in [6.07, 6.45) is 21.2. The molecular weight excluding hydrogens is 346 g/mol. The van der Waals surface area contributed by atoms with E-state index in [9.17, 15) is 8.42 Å². The van der Waals surface area contributed by atoms with Crippen molar-refractivity contribution in [2.24, 2.45) is 0 Å². The van der Waals surface area contributed by atoms with Crippen LogP contribution in [0.2, 0.25) is 0 Å². The maximum atomic E-state index is 9.19. The van der Waals surface area contributed by atoms with Crippen LogP contribution in [0.5, 0.6) is 0 Å². The summed E-state index contributed by atoms with van der Waals surface area (Å²) in [4.78, 5) is 0. The van der Waals surface area contributed by atoms with E-state index in [1.807, 2.05) is 0 Å². The second-order valence-corrected chi connectivity index (χ2v) is 9.68. The molecule has 1 heterocycles. The lowest BCUT2D eigenvalue weighted by atomic mass is 10.0. The molecule has 0 aliphatic carbocycles. The van der Waals surface area contributed by atoms with Crippen molar-refractivity contribution in [3.05, 3.63) is 0 Å². The van der Waals surface area contributed by atoms with Gasteiger partial charge >= 0.3 is 0 Å². The molecule has 5 heteroatoms. The Labute approximate surface area is 164 Å². The Hall–Kier alpha value is -0.130. The summed E-state index contributed by atoms with van der Waals surface area (Å²) < 4.78 is 27.3. The third-order valence-corrected chi connectivity index (χ3v) is 5.49. The Morgan fingerprint density at radius 2 is 1.08 bits per heavy atom. The first-order valence-electron chi connectivity index (χ1n) is 11.1. The third kappa shape index (κ3) is 17.3. The van der Waals surface area contributed by atoms with Gasteiger partial charge < -0.3 is 4.48 Å². The van der Waals surface area contributed by atoms with Crippen molar-refractivity contribution >= 4 is 10.1 Å². The number of nitrogens with zero attached hydrogens (tertiary/aromatic N) is 1. The van der Waals surface area contributed by atoms with Gasteiger partial charge in [0.1, 0.15) is 0 Å². The van der Waals surface area contributed by atoms with Crippen molar-refractivity contribution in [1.82, 2.24) is 0 Å². The summed E-state index contributed by atoms with van der Waals surface area (Å²) in [5.41, 5.74) is 0. The van der Waals surface area contributed by atoms with E-state index in [0.717, 1.165) is 0 Å². The molecule has 158 valence electrons. The molecule has 1 rings (SSSR count). The van der Waals surface area contributed by atoms with E-state index in [-0.39, 0.29) is 0 Å². The highest BCUT2D eigenvalue weighted by molar-refractivity contribution is 7.85. The number of hydrogen-bond acceptors (Lipinski definition) is 2. The van der Waals surface area contributed by atoms with Crippen LogP contribution in [0.3, 0.4) is 0 Å². The quantitative estimate of drug-likeness (QED) is 0.244. The minimum absolute atomic E-state index is 0.715. The highest BCUT2D eigenvalue weighted by Gasteiger charge is 2.28. The molecule has 1 N–H and O–H groups in total. The number of rotatable bonds is 13. The molecule has 26 heavy (non-hydrogen) atoms. The zero-order valence-corrected chi connectivity index (χ0v) is 18.7. The standard InChI is InChI=1S/C20H42N.CH4O3S/c1-3-5-7-8-9-10-11-12-14-18-21(17-6-4-2)19-15-13-16-20-21;1-5(2,3)4/h3-20H2,1-2H3;1H3,(H,2,3,4)/q+1;. The van der Waals surface area contributed by atoms with Gasteiger partial charge in [0.25, 0.3) is 10.1 Å². The fourth-order valence-corrected chi connectivity index (χ4v) is 3.99. The van der Waals surface area contributed by atoms with Crippen LogP contribution < -0.4 is 0 Å². The third-order valence-electron chi connectivity index (χ3n) is 5.49. The molecule has 0 bridgehead atoms. The van der Waals surface area contributed by atoms with Crippen LogP contribution in [-0.2, 0) is 10.1 Å². The van der Waals surface area contributed by atoms with Crippen molar-refractivity contribution in [1.29, 1.82) is 0 Å². The van der Waals surface area contributed by atoms with Gasteiger partial charge in [0.05, 0.1) is 32.4 Å². The van der Waals surface area contributed by atoms with Crippen LogP contribution in [0.25, 0.3) is 0 Å². The smallest absolute Gasteiger partial charge is 0.261 e. The zero-order chi connectivity index (χ0) is 19.7. The summed E-state index contributed by atoms with van der Waals surface area (Å²) >= 11 is 0. The molecule has 0 unspecified atom stereocenters. The van der Waals surface area contributed by atoms with Gasteiger partial charge in [0.15, 0.2) is 0 Å². The van der Waals surface area contributed by atoms with Crippen LogP contribution in [0.1, 0.15) is 104 Å². The first kappa shape index (κ1) is 25.9. The molecule has 0 radical (unpaired) electrons. The predicted molar refractivity (Wildman–Crippen MR) is 113 cm³/mol. The van der Waals surface area contributed by atoms with Gasteiger partial charge in [0.2, 0.25) is 0 Å². The second-order valence-electron chi connectivity index (χ2n) is 8.21. The monoisotopic (exact) mass is 392 g/mol. The van der Waals surface area contributed by atoms with Gasteiger partial charge in [0, 0.05) is 0 Å². The number of likely N-dealkylation sites (tertiary alicyclic amines) is 1. The first-order valence-corrected chi connectivity index (χ1v) is 13.0. The van der Waals surface area contributed by atoms with E-state index in [1.54, 1.807) is 0 Å². The SMILES string of the molecule is CCCCCCCCCCC[N+]1(CCCC)CCCCC1.CS(=O)(=O)O. The first-order chi connectivity index (χ1) is 12.3. The Morgan fingerprint density at radius 3 is 1.54 bits per heavy atom. The molecule has 0 aromatic carbocycles. The molecular formula is C21H46NO3S+. The average Bonchev–Trinajstić information content (AvgIpc) is 2.58. The van der Waals surface area contributed by atoms with Crippen molar-refractivity contribution in [2.45, 2.75) is 104 Å². The number of quaternary nitrogens is 1. The fraction of sp³-hybridized carbons (Fsp3) is 1.00. The molecule has 1 aliphatic rings. The molecule has 4 nitrogen and oxygen atoms in total. The molecule has 0 spiro atoms. The second kappa shape index (κ2) is 15.9. The highest BCUT2D eigenvalue weighted by Crippen LogP contribution is 2.22. The zero-order valence-electron chi connectivity index (χ0n) is 17.8. The minimum Gasteiger partial charge on any atom is -0.324 e. The van der Waals surface area contributed by atoms with Crippen molar-refractivity contribution in [3.8, 4) is 0 Å². The van der Waals surface area contributed by atoms with Crippen molar-refractivity contribution in [2.75, 3.05) is 32.4 Å². The summed E-state index contributed by atoms with van der Waals surface area (Å²) in [6, 6.07) is 0. The summed E-state index contributed by atoms with van der Waals surface area (Å²) in [5.74, 6) is 0. The van der Waals surface area contributed by atoms with E-state index < -0.39 is 10.1 Å². The number of hydrogen-bond donors (Lipinski definition) is 1. The summed E-state index contributed by atoms with van der Waals surface area (Å²) in [6.45, 7) is 10.6. The lowest BCUT2D eigenvalue weighted by Gasteiger charge is -2.42. The molecule has 0 amide bonds. The van der Waals surface area contributed by atoms with Gasteiger partial charge in [-0.05, 0) is 38.5 Å². The lowest BCUT2D eigenvalue weighted by molar-refractivity contribution is -0.932. The van der Waals surface area contributed by atoms with Gasteiger partial charge in [-0.3, -0.25) is 4.55 Å². The molecule has 0 atom stereocenters. The Kier molecular flexibility index (Phi) is 15.8. The maximum Gasteiger partial charge on any atom is 0.261 e. The summed E-state index contributed by atoms with van der Waals surface area (Å²) in [7, 11) is -3.67. The predicted octanol–water partition coefficient (Wildman–Crippen LogP) is 5.82. The van der Waals surface area contributed by atoms with Gasteiger partial charge in [-0.25, -0.2) is 0 Å². The Morgan fingerprint density at radius 1 is 0.692 bits per heavy atom. The van der Waals surface area contributed by atoms with Gasteiger partial charge in [-0.1, -0.05) is 65.2 Å². The van der Waals surface area contributed by atoms with Crippen molar-refractivity contribution < 1.29 is 17.5 Å². The van der Waals surface area contributed by atoms with Gasteiger partial charge in [-0.15, -0.1) is 0 Å². The Bertz CT molecular complexity index is 395. The largest absolute Gasteiger partial charge is 0.324 e. The molecule has 0 aromatic heterocycles. The number of unbranched alkanes of at least 4 members (excludes halogenated alkanes) is 9. The summed E-state index contributed by atoms with van der Waals surface area (Å²) in [5, 5.41) is 0. The molecule has 1 saturated heterocycles. The van der Waals surface area contributed by atoms with Crippen LogP contribution in [0, 0.1) is 0 Å². The molecule has 1 fully saturated rings. The van der Waals surface area contributed by atoms with Crippen LogP contribution in [0.15, 0.2) is 0 Å². The van der Waals surface area contributed by atoms with Crippen LogP contribution in [0.4, 0.5) is 0 Å². The van der Waals surface area contributed by atoms with Gasteiger partial charge in [-0.2, -0.15) is 8.42 Å². The topological polar surface area (TPSA) is 54.4 Å². The Balaban J connectivity index is 0.00000110. The van der Waals surface area contributed by atoms with E-state index in [1.165, 1.54) is 121 Å². The highest BCUT2D eigenvalue weighted by atomic mass is 32.2. The molecule has 0 aromatic rings. The lowest BCUT2D eigenvalue weighted by Crippen LogP contribution is -2.52. The maximum absolute atomic E-state index is 9.19. The normalized spacial score (nSPS) is 16.8. The molecule has 1 aliphatic heterocycles. The van der Waals surface area contributed by atoms with Crippen LogP contribution >= 0.6 is 0 Å². The minimum atomic E-state index is -3.67. The van der Waals surface area contributed by atoms with E-state index in [4.69, 9.17) is 4.55 Å². The van der Waals surface area contributed by atoms with Crippen LogP contribution in [-0.4, -0.2) is 49.9 Å². The molecule has 0 saturated carbocycles. The van der Waals surface area contributed by atoms with E-state index >= 15 is 0 Å². The van der Waals surface area contributed by atoms with Crippen molar-refractivity contribution in [3.63, 3.8) is 0 Å². The number of piperidine rings is 1. The van der Waals surface area contributed by atoms with E-state index in [0.29, 0.717) is 6.26 Å².